The second-order valence-electron chi connectivity index (χ2n) is 9.23. The molecule has 3 N–H and O–H groups in total. The number of hydrogen-bond acceptors (Lipinski definition) is 8. The van der Waals surface area contributed by atoms with E-state index in [9.17, 15) is 29.5 Å². The van der Waals surface area contributed by atoms with E-state index in [0.717, 1.165) is 12.0 Å². The van der Waals surface area contributed by atoms with Crippen molar-refractivity contribution >= 4 is 23.9 Å². The minimum absolute atomic E-state index is 0.0210. The molecule has 11 heteroatoms. The van der Waals surface area contributed by atoms with Crippen LogP contribution in [-0.4, -0.2) is 65.7 Å². The average molecular weight is 491 g/mol. The van der Waals surface area contributed by atoms with Crippen LogP contribution in [0.25, 0.3) is 0 Å². The number of hydrogen-bond donors (Lipinski definition) is 3. The maximum Gasteiger partial charge on any atom is 0.408 e. The first-order valence-corrected chi connectivity index (χ1v) is 11.0. The minimum Gasteiger partial charge on any atom is -0.508 e. The topological polar surface area (TPSA) is 158 Å². The normalized spacial score (nSPS) is 12.7. The summed E-state index contributed by atoms with van der Waals surface area (Å²) in [7, 11) is 1.16. The summed E-state index contributed by atoms with van der Waals surface area (Å²) in [6.45, 7) is 9.08. The van der Waals surface area contributed by atoms with Crippen molar-refractivity contribution in [2.45, 2.75) is 59.2 Å². The summed E-state index contributed by atoms with van der Waals surface area (Å²) < 4.78 is 9.81. The molecule has 3 amide bonds. The zero-order chi connectivity index (χ0) is 26.9. The van der Waals surface area contributed by atoms with E-state index in [0.29, 0.717) is 11.1 Å². The van der Waals surface area contributed by atoms with Crippen LogP contribution in [0.15, 0.2) is 18.2 Å². The Hall–Kier alpha value is -3.81. The summed E-state index contributed by atoms with van der Waals surface area (Å²) in [5, 5.41) is 24.3. The molecule has 0 fully saturated rings. The number of phenolic OH excluding ortho intramolecular Hbond substituents is 1. The molecule has 11 nitrogen and oxygen atoms in total. The molecule has 2 atom stereocenters. The predicted octanol–water partition coefficient (Wildman–Crippen LogP) is 1.93. The van der Waals surface area contributed by atoms with Crippen LogP contribution in [0, 0.1) is 24.2 Å². The molecule has 0 saturated heterocycles. The largest absolute Gasteiger partial charge is 0.508 e. The number of rotatable bonds is 9. The highest BCUT2D eigenvalue weighted by Gasteiger charge is 2.37. The fraction of sp³-hybridized carbons (Fsp3) is 0.542. The van der Waals surface area contributed by atoms with Gasteiger partial charge in [-0.15, -0.1) is 0 Å². The first-order valence-electron chi connectivity index (χ1n) is 11.0. The Morgan fingerprint density at radius 2 is 1.83 bits per heavy atom. The quantitative estimate of drug-likeness (QED) is 0.350. The molecule has 0 heterocycles. The second kappa shape index (κ2) is 12.6. The SMILES string of the molecule is COC(=O)CNC(=O)C(c1ccc(O)c(C)c1)N(CC#N)C(=O)C(NC(=O)OC(C)(C)C)C(C)C. The van der Waals surface area contributed by atoms with Gasteiger partial charge in [0.25, 0.3) is 0 Å². The molecule has 2 unspecified atom stereocenters. The summed E-state index contributed by atoms with van der Waals surface area (Å²) >= 11 is 0. The van der Waals surface area contributed by atoms with Crippen molar-refractivity contribution in [3.63, 3.8) is 0 Å². The Bertz CT molecular complexity index is 979. The fourth-order valence-corrected chi connectivity index (χ4v) is 3.15. The minimum atomic E-state index is -1.34. The van der Waals surface area contributed by atoms with E-state index in [1.54, 1.807) is 41.5 Å². The van der Waals surface area contributed by atoms with Crippen molar-refractivity contribution in [2.24, 2.45) is 5.92 Å². The zero-order valence-electron chi connectivity index (χ0n) is 21.2. The molecule has 0 radical (unpaired) electrons. The maximum atomic E-state index is 13.6. The Balaban J connectivity index is 3.46. The van der Waals surface area contributed by atoms with E-state index in [2.05, 4.69) is 15.4 Å². The van der Waals surface area contributed by atoms with Crippen molar-refractivity contribution in [3.8, 4) is 11.8 Å². The van der Waals surface area contributed by atoms with E-state index >= 15 is 0 Å². The number of alkyl carbamates (subject to hydrolysis) is 1. The van der Waals surface area contributed by atoms with Gasteiger partial charge in [0.15, 0.2) is 0 Å². The summed E-state index contributed by atoms with van der Waals surface area (Å²) in [6, 6.07) is 3.72. The highest BCUT2D eigenvalue weighted by Crippen LogP contribution is 2.27. The molecule has 0 aliphatic heterocycles. The molecule has 0 aromatic heterocycles. The Labute approximate surface area is 205 Å². The number of nitriles is 1. The monoisotopic (exact) mass is 490 g/mol. The maximum absolute atomic E-state index is 13.6. The van der Waals surface area contributed by atoms with Crippen molar-refractivity contribution in [3.05, 3.63) is 29.3 Å². The van der Waals surface area contributed by atoms with Gasteiger partial charge in [-0.25, -0.2) is 4.79 Å². The summed E-state index contributed by atoms with van der Waals surface area (Å²) in [5.41, 5.74) is -0.0723. The number of nitrogens with one attached hydrogen (secondary N) is 2. The molecule has 0 saturated carbocycles. The van der Waals surface area contributed by atoms with Gasteiger partial charge in [0.2, 0.25) is 11.8 Å². The molecule has 35 heavy (non-hydrogen) atoms. The molecule has 0 aliphatic carbocycles. The third-order valence-electron chi connectivity index (χ3n) is 4.86. The van der Waals surface area contributed by atoms with Gasteiger partial charge >= 0.3 is 12.1 Å². The number of esters is 1. The van der Waals surface area contributed by atoms with Gasteiger partial charge in [0.05, 0.1) is 13.2 Å². The summed E-state index contributed by atoms with van der Waals surface area (Å²) in [5.74, 6) is -2.59. The van der Waals surface area contributed by atoms with Crippen molar-refractivity contribution in [1.29, 1.82) is 5.26 Å². The first-order chi connectivity index (χ1) is 16.2. The van der Waals surface area contributed by atoms with Crippen LogP contribution in [0.4, 0.5) is 4.79 Å². The number of methoxy groups -OCH3 is 1. The van der Waals surface area contributed by atoms with E-state index < -0.39 is 60.6 Å². The highest BCUT2D eigenvalue weighted by molar-refractivity contribution is 5.93. The van der Waals surface area contributed by atoms with E-state index in [4.69, 9.17) is 4.74 Å². The lowest BCUT2D eigenvalue weighted by molar-refractivity contribution is -0.144. The van der Waals surface area contributed by atoms with Gasteiger partial charge in [-0.3, -0.25) is 14.4 Å². The molecule has 0 spiro atoms. The lowest BCUT2D eigenvalue weighted by Crippen LogP contribution is -2.55. The van der Waals surface area contributed by atoms with Gasteiger partial charge in [-0.05, 0) is 56.9 Å². The van der Waals surface area contributed by atoms with Crippen molar-refractivity contribution < 1.29 is 33.8 Å². The van der Waals surface area contributed by atoms with Gasteiger partial charge < -0.3 is 30.1 Å². The number of benzene rings is 1. The van der Waals surface area contributed by atoms with Gasteiger partial charge in [-0.2, -0.15) is 5.26 Å². The Kier molecular flexibility index (Phi) is 10.5. The van der Waals surface area contributed by atoms with Crippen molar-refractivity contribution in [2.75, 3.05) is 20.2 Å². The van der Waals surface area contributed by atoms with Crippen LogP contribution < -0.4 is 10.6 Å². The third kappa shape index (κ3) is 8.81. The van der Waals surface area contributed by atoms with E-state index in [1.165, 1.54) is 18.2 Å². The molecule has 0 aliphatic rings. The molecule has 1 aromatic carbocycles. The average Bonchev–Trinajstić information content (AvgIpc) is 2.75. The lowest BCUT2D eigenvalue weighted by Gasteiger charge is -2.34. The lowest BCUT2D eigenvalue weighted by atomic mass is 9.97. The number of nitrogens with zero attached hydrogens (tertiary/aromatic N) is 2. The summed E-state index contributed by atoms with van der Waals surface area (Å²) in [4.78, 5) is 51.8. The molecule has 0 bridgehead atoms. The first kappa shape index (κ1) is 29.2. The Morgan fingerprint density at radius 3 is 2.31 bits per heavy atom. The van der Waals surface area contributed by atoms with Gasteiger partial charge in [-0.1, -0.05) is 19.9 Å². The van der Waals surface area contributed by atoms with Crippen LogP contribution in [0.5, 0.6) is 5.75 Å². The van der Waals surface area contributed by atoms with Gasteiger partial charge in [0.1, 0.15) is 36.5 Å². The second-order valence-corrected chi connectivity index (χ2v) is 9.23. The van der Waals surface area contributed by atoms with Crippen LogP contribution >= 0.6 is 0 Å². The standard InChI is InChI=1S/C24H34N4O7/c1-14(2)19(27-23(33)35-24(4,5)6)22(32)28(11-10-25)20(21(31)26-13-18(30)34-7)16-8-9-17(29)15(3)12-16/h8-9,12,14,19-20,29H,11,13H2,1-7H3,(H,26,31)(H,27,33). The van der Waals surface area contributed by atoms with Crippen LogP contribution in [0.1, 0.15) is 51.8 Å². The van der Waals surface area contributed by atoms with Crippen LogP contribution in [0.2, 0.25) is 0 Å². The fourth-order valence-electron chi connectivity index (χ4n) is 3.15. The third-order valence-corrected chi connectivity index (χ3v) is 4.86. The van der Waals surface area contributed by atoms with Crippen LogP contribution in [0.3, 0.4) is 0 Å². The number of aryl methyl sites for hydroxylation is 1. The number of carbonyl (C=O) groups excluding carboxylic acids is 4. The number of amides is 3. The van der Waals surface area contributed by atoms with Crippen molar-refractivity contribution in [1.82, 2.24) is 15.5 Å². The predicted molar refractivity (Wildman–Crippen MR) is 126 cm³/mol. The number of phenols is 1. The number of carbonyl (C=O) groups is 4. The van der Waals surface area contributed by atoms with Gasteiger partial charge in [0, 0.05) is 0 Å². The number of ether oxygens (including phenoxy) is 2. The van der Waals surface area contributed by atoms with E-state index in [-0.39, 0.29) is 5.75 Å². The zero-order valence-corrected chi connectivity index (χ0v) is 21.2. The molecule has 1 rings (SSSR count). The van der Waals surface area contributed by atoms with E-state index in [1.807, 2.05) is 6.07 Å². The summed E-state index contributed by atoms with van der Waals surface area (Å²) in [6.07, 6.45) is -0.825. The molecular formula is C24H34N4O7. The molecular weight excluding hydrogens is 456 g/mol. The molecule has 192 valence electrons. The van der Waals surface area contributed by atoms with Crippen LogP contribution in [-0.2, 0) is 23.9 Å². The molecule has 1 aromatic rings. The highest BCUT2D eigenvalue weighted by atomic mass is 16.6. The number of aromatic hydroxyl groups is 1. The smallest absolute Gasteiger partial charge is 0.408 e. The Morgan fingerprint density at radius 1 is 1.20 bits per heavy atom.